The zero-order chi connectivity index (χ0) is 17.4. The van der Waals surface area contributed by atoms with Gasteiger partial charge in [-0.1, -0.05) is 35.9 Å². The van der Waals surface area contributed by atoms with E-state index in [0.717, 1.165) is 35.1 Å². The van der Waals surface area contributed by atoms with Crippen molar-refractivity contribution in [1.82, 2.24) is 10.6 Å². The van der Waals surface area contributed by atoms with Crippen LogP contribution in [0.5, 0.6) is 5.75 Å². The fourth-order valence-corrected chi connectivity index (χ4v) is 2.49. The third kappa shape index (κ3) is 7.52. The molecule has 3 N–H and O–H groups in total. The molecule has 0 saturated carbocycles. The van der Waals surface area contributed by atoms with Crippen LogP contribution in [-0.2, 0) is 6.42 Å². The minimum atomic E-state index is 0. The van der Waals surface area contributed by atoms with Gasteiger partial charge in [-0.05, 0) is 55.7 Å². The molecule has 2 rings (SSSR count). The van der Waals surface area contributed by atoms with Gasteiger partial charge < -0.3 is 15.7 Å². The number of hydrogen-bond acceptors (Lipinski definition) is 2. The molecule has 4 nitrogen and oxygen atoms in total. The standard InChI is InChI=1S/C19H24ClN3O.HI/c1-3-21-19(22-12-11-15-5-4-6-18(24)13-15)23-14(2)16-7-9-17(20)10-8-16;/h4-10,13-14,24H,3,11-12H2,1-2H3,(H2,21,22,23);1H. The number of hydrogen-bond donors (Lipinski definition) is 3. The molecule has 0 aromatic heterocycles. The van der Waals surface area contributed by atoms with Crippen LogP contribution in [-0.4, -0.2) is 24.2 Å². The van der Waals surface area contributed by atoms with E-state index < -0.39 is 0 Å². The molecule has 0 bridgehead atoms. The molecule has 1 atom stereocenters. The molecule has 1 unspecified atom stereocenters. The molecule has 0 aliphatic carbocycles. The number of guanidine groups is 1. The van der Waals surface area contributed by atoms with Crippen molar-refractivity contribution in [2.45, 2.75) is 26.3 Å². The molecule has 6 heteroatoms. The summed E-state index contributed by atoms with van der Waals surface area (Å²) in [6.07, 6.45) is 0.778. The molecule has 136 valence electrons. The van der Waals surface area contributed by atoms with Gasteiger partial charge in [0, 0.05) is 18.1 Å². The van der Waals surface area contributed by atoms with Crippen LogP contribution in [0.25, 0.3) is 0 Å². The van der Waals surface area contributed by atoms with Crippen LogP contribution in [0.15, 0.2) is 53.5 Å². The zero-order valence-corrected chi connectivity index (χ0v) is 17.6. The second-order valence-electron chi connectivity index (χ2n) is 5.60. The van der Waals surface area contributed by atoms with Crippen molar-refractivity contribution in [3.8, 4) is 5.75 Å². The Morgan fingerprint density at radius 3 is 2.56 bits per heavy atom. The predicted molar refractivity (Wildman–Crippen MR) is 116 cm³/mol. The van der Waals surface area contributed by atoms with Crippen LogP contribution in [0.1, 0.15) is 31.0 Å². The lowest BCUT2D eigenvalue weighted by Crippen LogP contribution is -2.38. The molecule has 0 heterocycles. The topological polar surface area (TPSA) is 56.7 Å². The van der Waals surface area contributed by atoms with E-state index in [9.17, 15) is 5.11 Å². The highest BCUT2D eigenvalue weighted by atomic mass is 127. The average Bonchev–Trinajstić information content (AvgIpc) is 2.55. The van der Waals surface area contributed by atoms with Gasteiger partial charge in [0.05, 0.1) is 6.04 Å². The largest absolute Gasteiger partial charge is 0.508 e. The number of rotatable bonds is 6. The highest BCUT2D eigenvalue weighted by Gasteiger charge is 2.07. The van der Waals surface area contributed by atoms with Gasteiger partial charge in [-0.15, -0.1) is 24.0 Å². The summed E-state index contributed by atoms with van der Waals surface area (Å²) in [5.41, 5.74) is 2.22. The van der Waals surface area contributed by atoms with Crippen molar-refractivity contribution in [3.63, 3.8) is 0 Å². The SMILES string of the molecule is CCNC(=NCCc1cccc(O)c1)NC(C)c1ccc(Cl)cc1.I. The molecule has 0 amide bonds. The summed E-state index contributed by atoms with van der Waals surface area (Å²) < 4.78 is 0. The van der Waals surface area contributed by atoms with E-state index in [4.69, 9.17) is 11.6 Å². The van der Waals surface area contributed by atoms with Gasteiger partial charge >= 0.3 is 0 Å². The summed E-state index contributed by atoms with van der Waals surface area (Å²) in [7, 11) is 0. The summed E-state index contributed by atoms with van der Waals surface area (Å²) in [5.74, 6) is 1.07. The number of benzene rings is 2. The van der Waals surface area contributed by atoms with E-state index in [0.29, 0.717) is 6.54 Å². The second kappa shape index (κ2) is 11.2. The van der Waals surface area contributed by atoms with Crippen LogP contribution in [0.2, 0.25) is 5.02 Å². The molecule has 0 radical (unpaired) electrons. The van der Waals surface area contributed by atoms with Gasteiger partial charge in [-0.3, -0.25) is 4.99 Å². The lowest BCUT2D eigenvalue weighted by molar-refractivity contribution is 0.474. The van der Waals surface area contributed by atoms with Crippen molar-refractivity contribution in [2.75, 3.05) is 13.1 Å². The second-order valence-corrected chi connectivity index (χ2v) is 6.03. The average molecular weight is 474 g/mol. The number of aromatic hydroxyl groups is 1. The molecular weight excluding hydrogens is 449 g/mol. The fraction of sp³-hybridized carbons (Fsp3) is 0.316. The van der Waals surface area contributed by atoms with Crippen LogP contribution in [0, 0.1) is 0 Å². The normalized spacial score (nSPS) is 12.2. The number of halogens is 2. The Morgan fingerprint density at radius 2 is 1.92 bits per heavy atom. The quantitative estimate of drug-likeness (QED) is 0.328. The molecule has 2 aromatic rings. The first kappa shape index (κ1) is 21.6. The van der Waals surface area contributed by atoms with Gasteiger partial charge in [0.1, 0.15) is 5.75 Å². The van der Waals surface area contributed by atoms with Gasteiger partial charge in [0.2, 0.25) is 0 Å². The summed E-state index contributed by atoms with van der Waals surface area (Å²) in [6, 6.07) is 15.2. The smallest absolute Gasteiger partial charge is 0.191 e. The van der Waals surface area contributed by atoms with Gasteiger partial charge in [-0.25, -0.2) is 0 Å². The third-order valence-electron chi connectivity index (χ3n) is 3.65. The maximum atomic E-state index is 9.50. The first-order valence-electron chi connectivity index (χ1n) is 8.16. The van der Waals surface area contributed by atoms with Gasteiger partial charge in [0.25, 0.3) is 0 Å². The Hall–Kier alpha value is -1.47. The minimum absolute atomic E-state index is 0. The molecule has 2 aromatic carbocycles. The number of nitrogens with zero attached hydrogens (tertiary/aromatic N) is 1. The first-order chi connectivity index (χ1) is 11.6. The summed E-state index contributed by atoms with van der Waals surface area (Å²) in [4.78, 5) is 4.61. The molecule has 0 spiro atoms. The van der Waals surface area contributed by atoms with Crippen LogP contribution in [0.3, 0.4) is 0 Å². The Balaban J connectivity index is 0.00000312. The zero-order valence-electron chi connectivity index (χ0n) is 14.5. The van der Waals surface area contributed by atoms with E-state index >= 15 is 0 Å². The highest BCUT2D eigenvalue weighted by Crippen LogP contribution is 2.16. The Bertz CT molecular complexity index is 677. The Kier molecular flexibility index (Phi) is 9.67. The number of aliphatic imine (C=N–C) groups is 1. The van der Waals surface area contributed by atoms with Crippen molar-refractivity contribution in [3.05, 3.63) is 64.7 Å². The van der Waals surface area contributed by atoms with Crippen molar-refractivity contribution in [2.24, 2.45) is 4.99 Å². The van der Waals surface area contributed by atoms with E-state index in [1.54, 1.807) is 12.1 Å². The Labute approximate surface area is 171 Å². The maximum Gasteiger partial charge on any atom is 0.191 e. The molecule has 0 aliphatic heterocycles. The van der Waals surface area contributed by atoms with Crippen LogP contribution < -0.4 is 10.6 Å². The summed E-state index contributed by atoms with van der Waals surface area (Å²) >= 11 is 5.94. The van der Waals surface area contributed by atoms with E-state index in [-0.39, 0.29) is 35.8 Å². The van der Waals surface area contributed by atoms with E-state index in [1.165, 1.54) is 0 Å². The number of phenols is 1. The fourth-order valence-electron chi connectivity index (χ4n) is 2.37. The summed E-state index contributed by atoms with van der Waals surface area (Å²) in [5, 5.41) is 16.9. The van der Waals surface area contributed by atoms with Gasteiger partial charge in [-0.2, -0.15) is 0 Å². The lowest BCUT2D eigenvalue weighted by atomic mass is 10.1. The maximum absolute atomic E-state index is 9.50. The minimum Gasteiger partial charge on any atom is -0.508 e. The van der Waals surface area contributed by atoms with Crippen molar-refractivity contribution >= 4 is 41.5 Å². The van der Waals surface area contributed by atoms with Gasteiger partial charge in [0.15, 0.2) is 5.96 Å². The van der Waals surface area contributed by atoms with Crippen molar-refractivity contribution < 1.29 is 5.11 Å². The predicted octanol–water partition coefficient (Wildman–Crippen LogP) is 4.52. The van der Waals surface area contributed by atoms with Crippen LogP contribution >= 0.6 is 35.6 Å². The lowest BCUT2D eigenvalue weighted by Gasteiger charge is -2.18. The third-order valence-corrected chi connectivity index (χ3v) is 3.90. The molecule has 0 saturated heterocycles. The molecule has 25 heavy (non-hydrogen) atoms. The van der Waals surface area contributed by atoms with E-state index in [1.807, 2.05) is 43.3 Å². The monoisotopic (exact) mass is 473 g/mol. The molecule has 0 fully saturated rings. The summed E-state index contributed by atoms with van der Waals surface area (Å²) in [6.45, 7) is 5.57. The first-order valence-corrected chi connectivity index (χ1v) is 8.54. The number of phenolic OH excluding ortho intramolecular Hbond substituents is 1. The molecular formula is C19H25ClIN3O. The van der Waals surface area contributed by atoms with Crippen molar-refractivity contribution in [1.29, 1.82) is 0 Å². The van der Waals surface area contributed by atoms with E-state index in [2.05, 4.69) is 22.5 Å². The highest BCUT2D eigenvalue weighted by molar-refractivity contribution is 14.0. The Morgan fingerprint density at radius 1 is 1.20 bits per heavy atom. The number of nitrogens with one attached hydrogen (secondary N) is 2. The molecule has 0 aliphatic rings. The van der Waals surface area contributed by atoms with Crippen LogP contribution in [0.4, 0.5) is 0 Å².